The molecule has 4 heterocycles. The van der Waals surface area contributed by atoms with Crippen LogP contribution in [0.5, 0.6) is 0 Å². The molecule has 0 aromatic carbocycles. The van der Waals surface area contributed by atoms with Crippen molar-refractivity contribution >= 4 is 39.8 Å². The van der Waals surface area contributed by atoms with Gasteiger partial charge in [0, 0.05) is 30.3 Å². The second-order valence-corrected chi connectivity index (χ2v) is 10.5. The lowest BCUT2D eigenvalue weighted by molar-refractivity contribution is -0.120. The number of carbonyl (C=O) groups is 2. The Morgan fingerprint density at radius 3 is 2.85 bits per heavy atom. The van der Waals surface area contributed by atoms with E-state index in [1.54, 1.807) is 11.0 Å². The zero-order chi connectivity index (χ0) is 24.5. The minimum atomic E-state index is -0.702. The fourth-order valence-electron chi connectivity index (χ4n) is 4.28. The number of hydrogen-bond donors (Lipinski definition) is 1. The average Bonchev–Trinajstić information content (AvgIpc) is 3.32. The Kier molecular flexibility index (Phi) is 7.09. The molecule has 10 heteroatoms. The Bertz CT molecular complexity index is 1090. The summed E-state index contributed by atoms with van der Waals surface area (Å²) in [5, 5.41) is 7.54. The first-order valence-corrected chi connectivity index (χ1v) is 12.2. The zero-order valence-electron chi connectivity index (χ0n) is 19.8. The van der Waals surface area contributed by atoms with E-state index < -0.39 is 17.7 Å². The van der Waals surface area contributed by atoms with Crippen molar-refractivity contribution in [2.45, 2.75) is 65.0 Å². The first-order chi connectivity index (χ1) is 16.1. The molecule has 0 saturated carbocycles. The van der Waals surface area contributed by atoms with Crippen LogP contribution in [0.2, 0.25) is 0 Å². The van der Waals surface area contributed by atoms with Crippen molar-refractivity contribution in [3.8, 4) is 0 Å². The number of ether oxygens (including phenoxy) is 2. The van der Waals surface area contributed by atoms with E-state index in [4.69, 9.17) is 9.47 Å². The van der Waals surface area contributed by atoms with Crippen LogP contribution in [0, 0.1) is 5.92 Å². The molecule has 2 amide bonds. The van der Waals surface area contributed by atoms with Crippen LogP contribution in [0.3, 0.4) is 0 Å². The number of pyridine rings is 1. The quantitative estimate of drug-likeness (QED) is 0.510. The molecule has 0 spiro atoms. The van der Waals surface area contributed by atoms with Crippen LogP contribution in [0.4, 0.5) is 10.6 Å². The fourth-order valence-corrected chi connectivity index (χ4v) is 4.59. The highest BCUT2D eigenvalue weighted by molar-refractivity contribution is 9.10. The van der Waals surface area contributed by atoms with Crippen molar-refractivity contribution in [2.24, 2.45) is 5.92 Å². The van der Waals surface area contributed by atoms with Crippen LogP contribution in [-0.2, 0) is 27.4 Å². The summed E-state index contributed by atoms with van der Waals surface area (Å²) >= 11 is 3.37. The number of fused-ring (bicyclic) bond motifs is 5. The third kappa shape index (κ3) is 5.67. The van der Waals surface area contributed by atoms with Crippen LogP contribution < -0.4 is 5.32 Å². The van der Waals surface area contributed by atoms with E-state index in [2.05, 4.69) is 31.3 Å². The molecule has 2 aromatic rings. The molecular formula is C24H30BrN5O4. The molecule has 9 nitrogen and oxygen atoms in total. The second-order valence-electron chi connectivity index (χ2n) is 9.65. The van der Waals surface area contributed by atoms with Gasteiger partial charge in [0.25, 0.3) is 0 Å². The summed E-state index contributed by atoms with van der Waals surface area (Å²) in [5.74, 6) is 0.122. The summed E-state index contributed by atoms with van der Waals surface area (Å²) in [6, 6.07) is 4.67. The number of likely N-dealkylation sites (tertiary alicyclic amines) is 1. The van der Waals surface area contributed by atoms with Crippen molar-refractivity contribution in [1.29, 1.82) is 0 Å². The molecule has 2 aromatic heterocycles. The van der Waals surface area contributed by atoms with E-state index in [0.717, 1.165) is 11.3 Å². The number of carbonyl (C=O) groups excluding carboxylic acids is 2. The van der Waals surface area contributed by atoms with Crippen molar-refractivity contribution in [2.75, 3.05) is 11.9 Å². The largest absolute Gasteiger partial charge is 0.444 e. The van der Waals surface area contributed by atoms with Gasteiger partial charge < -0.3 is 14.8 Å². The standard InChI is InChI=1S/C24H30BrN5O4/c1-15-17-12-19(30(15)23(32)34-24(2,3)4)22(31)27-21-16(7-8-20(25)26-21)14-33-11-5-6-18-9-10-29(13-17)28-18/h5-10,15,17,19H,11-14H2,1-4H3,(H,26,27,31)/b6-5+/t15-,17-,19+/m1/s1. The molecule has 2 aliphatic rings. The van der Waals surface area contributed by atoms with Crippen LogP contribution >= 0.6 is 15.9 Å². The monoisotopic (exact) mass is 531 g/mol. The summed E-state index contributed by atoms with van der Waals surface area (Å²) in [5.41, 5.74) is 0.892. The van der Waals surface area contributed by atoms with Crippen LogP contribution in [0.25, 0.3) is 6.08 Å². The highest BCUT2D eigenvalue weighted by Gasteiger charge is 2.46. The predicted octanol–water partition coefficient (Wildman–Crippen LogP) is 4.24. The van der Waals surface area contributed by atoms with Gasteiger partial charge in [-0.05, 0) is 68.3 Å². The Labute approximate surface area is 207 Å². The summed E-state index contributed by atoms with van der Waals surface area (Å²) in [4.78, 5) is 32.7. The second kappa shape index (κ2) is 9.87. The van der Waals surface area contributed by atoms with Gasteiger partial charge in [-0.2, -0.15) is 5.10 Å². The van der Waals surface area contributed by atoms with E-state index in [1.165, 1.54) is 0 Å². The molecule has 0 aliphatic carbocycles. The Balaban J connectivity index is 1.69. The van der Waals surface area contributed by atoms with Crippen molar-refractivity contribution in [3.63, 3.8) is 0 Å². The van der Waals surface area contributed by atoms with Gasteiger partial charge in [0.1, 0.15) is 22.1 Å². The van der Waals surface area contributed by atoms with E-state index in [9.17, 15) is 9.59 Å². The molecule has 0 unspecified atom stereocenters. The summed E-state index contributed by atoms with van der Waals surface area (Å²) in [7, 11) is 0. The minimum Gasteiger partial charge on any atom is -0.444 e. The number of nitrogens with zero attached hydrogens (tertiary/aromatic N) is 4. The SMILES string of the molecule is C[C@@H]1[C@@H]2C[C@@H](C(=O)Nc3nc(Br)ccc3COC/C=C/c3ccn(n3)C2)N1C(=O)OC(C)(C)C. The van der Waals surface area contributed by atoms with Gasteiger partial charge in [-0.15, -0.1) is 0 Å². The molecule has 4 bridgehead atoms. The van der Waals surface area contributed by atoms with E-state index in [0.29, 0.717) is 30.0 Å². The molecule has 4 rings (SSSR count). The van der Waals surface area contributed by atoms with E-state index in [-0.39, 0.29) is 24.5 Å². The maximum atomic E-state index is 13.5. The van der Waals surface area contributed by atoms with Gasteiger partial charge in [-0.3, -0.25) is 14.4 Å². The maximum Gasteiger partial charge on any atom is 0.411 e. The highest BCUT2D eigenvalue weighted by atomic mass is 79.9. The lowest BCUT2D eigenvalue weighted by atomic mass is 10.00. The number of amides is 2. The predicted molar refractivity (Wildman–Crippen MR) is 131 cm³/mol. The molecular weight excluding hydrogens is 502 g/mol. The Morgan fingerprint density at radius 1 is 1.29 bits per heavy atom. The van der Waals surface area contributed by atoms with Crippen molar-refractivity contribution < 1.29 is 19.1 Å². The summed E-state index contributed by atoms with van der Waals surface area (Å²) in [6.07, 6.45) is 5.71. The highest BCUT2D eigenvalue weighted by Crippen LogP contribution is 2.34. The van der Waals surface area contributed by atoms with Gasteiger partial charge in [0.05, 0.1) is 18.9 Å². The van der Waals surface area contributed by atoms with Gasteiger partial charge in [-0.1, -0.05) is 12.1 Å². The van der Waals surface area contributed by atoms with Crippen molar-refractivity contribution in [1.82, 2.24) is 19.7 Å². The first kappa shape index (κ1) is 24.4. The Hall–Kier alpha value is -2.72. The van der Waals surface area contributed by atoms with Crippen LogP contribution in [0.1, 0.15) is 45.4 Å². The van der Waals surface area contributed by atoms with Gasteiger partial charge in [0.15, 0.2) is 0 Å². The average molecular weight is 532 g/mol. The first-order valence-electron chi connectivity index (χ1n) is 11.4. The van der Waals surface area contributed by atoms with E-state index in [1.807, 2.05) is 62.9 Å². The summed E-state index contributed by atoms with van der Waals surface area (Å²) < 4.78 is 13.9. The molecule has 182 valence electrons. The minimum absolute atomic E-state index is 0.0196. The van der Waals surface area contributed by atoms with E-state index >= 15 is 0 Å². The third-order valence-electron chi connectivity index (χ3n) is 5.92. The number of nitrogens with one attached hydrogen (secondary N) is 1. The number of hydrogen-bond acceptors (Lipinski definition) is 6. The fraction of sp³-hybridized carbons (Fsp3) is 0.500. The maximum absolute atomic E-state index is 13.5. The molecule has 1 N–H and O–H groups in total. The summed E-state index contributed by atoms with van der Waals surface area (Å²) in [6.45, 7) is 8.65. The zero-order valence-corrected chi connectivity index (χ0v) is 21.4. The lowest BCUT2D eigenvalue weighted by Gasteiger charge is -2.31. The smallest absolute Gasteiger partial charge is 0.411 e. The molecule has 2 aliphatic heterocycles. The van der Waals surface area contributed by atoms with Crippen LogP contribution in [0.15, 0.2) is 35.1 Å². The number of rotatable bonds is 0. The number of aromatic nitrogens is 3. The number of halogens is 1. The normalized spacial score (nSPS) is 24.3. The molecule has 3 atom stereocenters. The molecule has 1 fully saturated rings. The third-order valence-corrected chi connectivity index (χ3v) is 6.36. The Morgan fingerprint density at radius 2 is 2.09 bits per heavy atom. The van der Waals surface area contributed by atoms with Gasteiger partial charge >= 0.3 is 6.09 Å². The van der Waals surface area contributed by atoms with Gasteiger partial charge in [-0.25, -0.2) is 9.78 Å². The van der Waals surface area contributed by atoms with Crippen LogP contribution in [-0.4, -0.2) is 56.0 Å². The molecule has 1 saturated heterocycles. The van der Waals surface area contributed by atoms with Crippen molar-refractivity contribution in [3.05, 3.63) is 46.3 Å². The molecule has 0 radical (unpaired) electrons. The number of anilines is 1. The molecule has 34 heavy (non-hydrogen) atoms. The topological polar surface area (TPSA) is 98.6 Å². The van der Waals surface area contributed by atoms with Gasteiger partial charge in [0.2, 0.25) is 5.91 Å². The lowest BCUT2D eigenvalue weighted by Crippen LogP contribution is -2.48.